The highest BCUT2D eigenvalue weighted by Crippen LogP contribution is 2.23. The second kappa shape index (κ2) is 7.57. The van der Waals surface area contributed by atoms with Crippen LogP contribution in [-0.2, 0) is 0 Å². The van der Waals surface area contributed by atoms with Gasteiger partial charge in [0.1, 0.15) is 16.5 Å². The lowest BCUT2D eigenvalue weighted by atomic mass is 10.3. The maximum Gasteiger partial charge on any atom is 0.292 e. The van der Waals surface area contributed by atoms with Gasteiger partial charge in [0, 0.05) is 11.9 Å². The van der Waals surface area contributed by atoms with Gasteiger partial charge in [0.25, 0.3) is 5.56 Å². The Morgan fingerprint density at radius 3 is 2.77 bits per heavy atom. The normalized spacial score (nSPS) is 11.3. The van der Waals surface area contributed by atoms with E-state index < -0.39 is 11.4 Å². The van der Waals surface area contributed by atoms with E-state index >= 15 is 0 Å². The molecule has 134 valence electrons. The van der Waals surface area contributed by atoms with Gasteiger partial charge in [0.15, 0.2) is 0 Å². The molecule has 3 rings (SSSR count). The molecule has 0 amide bonds. The third-order valence-corrected chi connectivity index (χ3v) is 5.25. The Bertz CT molecular complexity index is 1050. The Balaban J connectivity index is 1.94. The zero-order valence-electron chi connectivity index (χ0n) is 13.8. The summed E-state index contributed by atoms with van der Waals surface area (Å²) < 4.78 is 14.4. The van der Waals surface area contributed by atoms with Gasteiger partial charge in [-0.15, -0.1) is 11.3 Å². The van der Waals surface area contributed by atoms with Crippen LogP contribution in [0.15, 0.2) is 45.7 Å². The third kappa shape index (κ3) is 3.65. The molecule has 0 saturated carbocycles. The maximum atomic E-state index is 13.3. The molecule has 0 saturated heterocycles. The van der Waals surface area contributed by atoms with Crippen LogP contribution in [0, 0.1) is 12.7 Å². The standard InChI is InChI=1S/C17H13Cl2FN4OS/c1-10-5-6-26-15(10)9-21-23(2)14-8-22-24(17(25)16(14)19)11-3-4-13(20)12(18)7-11/h3-9H,1-2H3/b21-9-. The zero-order chi connectivity index (χ0) is 18.8. The molecule has 0 N–H and O–H groups in total. The molecule has 9 heteroatoms. The van der Waals surface area contributed by atoms with Crippen molar-refractivity contribution in [1.29, 1.82) is 0 Å². The number of aryl methyl sites for hydroxylation is 1. The summed E-state index contributed by atoms with van der Waals surface area (Å²) in [5.74, 6) is -0.580. The van der Waals surface area contributed by atoms with E-state index in [0.29, 0.717) is 11.4 Å². The smallest absolute Gasteiger partial charge is 0.266 e. The van der Waals surface area contributed by atoms with Gasteiger partial charge in [-0.2, -0.15) is 14.9 Å². The Hall–Kier alpha value is -2.22. The van der Waals surface area contributed by atoms with Crippen molar-refractivity contribution in [3.8, 4) is 5.69 Å². The van der Waals surface area contributed by atoms with Crippen LogP contribution < -0.4 is 10.6 Å². The monoisotopic (exact) mass is 410 g/mol. The molecular weight excluding hydrogens is 398 g/mol. The first-order chi connectivity index (χ1) is 12.4. The topological polar surface area (TPSA) is 50.5 Å². The van der Waals surface area contributed by atoms with Gasteiger partial charge in [0.2, 0.25) is 0 Å². The summed E-state index contributed by atoms with van der Waals surface area (Å²) in [6, 6.07) is 5.86. The number of hydrogen-bond donors (Lipinski definition) is 0. The first kappa shape index (κ1) is 18.6. The Labute approximate surface area is 162 Å². The number of benzene rings is 1. The number of hydrogen-bond acceptors (Lipinski definition) is 5. The van der Waals surface area contributed by atoms with E-state index in [1.165, 1.54) is 23.3 Å². The fourth-order valence-electron chi connectivity index (χ4n) is 2.17. The van der Waals surface area contributed by atoms with Gasteiger partial charge in [0.05, 0.1) is 23.1 Å². The van der Waals surface area contributed by atoms with Crippen molar-refractivity contribution in [2.75, 3.05) is 12.1 Å². The number of nitrogens with zero attached hydrogens (tertiary/aromatic N) is 4. The average molecular weight is 411 g/mol. The highest BCUT2D eigenvalue weighted by Gasteiger charge is 2.14. The van der Waals surface area contributed by atoms with Crippen molar-refractivity contribution < 1.29 is 4.39 Å². The van der Waals surface area contributed by atoms with Gasteiger partial charge >= 0.3 is 0 Å². The Morgan fingerprint density at radius 1 is 1.35 bits per heavy atom. The Kier molecular flexibility index (Phi) is 5.41. The van der Waals surface area contributed by atoms with Crippen molar-refractivity contribution in [1.82, 2.24) is 9.78 Å². The van der Waals surface area contributed by atoms with Crippen molar-refractivity contribution >= 4 is 46.4 Å². The van der Waals surface area contributed by atoms with E-state index in [9.17, 15) is 9.18 Å². The van der Waals surface area contributed by atoms with E-state index in [2.05, 4.69) is 10.2 Å². The predicted molar refractivity (Wildman–Crippen MR) is 105 cm³/mol. The van der Waals surface area contributed by atoms with E-state index in [1.807, 2.05) is 18.4 Å². The number of hydrazone groups is 1. The third-order valence-electron chi connectivity index (χ3n) is 3.65. The fraction of sp³-hybridized carbons (Fsp3) is 0.118. The van der Waals surface area contributed by atoms with Crippen molar-refractivity contribution in [3.63, 3.8) is 0 Å². The maximum absolute atomic E-state index is 13.3. The molecule has 3 aromatic rings. The summed E-state index contributed by atoms with van der Waals surface area (Å²) in [6.45, 7) is 1.99. The number of halogens is 3. The van der Waals surface area contributed by atoms with Crippen LogP contribution in [0.1, 0.15) is 10.4 Å². The molecule has 0 atom stereocenters. The van der Waals surface area contributed by atoms with Crippen LogP contribution in [0.5, 0.6) is 0 Å². The molecule has 0 bridgehead atoms. The summed E-state index contributed by atoms with van der Waals surface area (Å²) in [4.78, 5) is 13.5. The van der Waals surface area contributed by atoms with Crippen LogP contribution in [0.4, 0.5) is 10.1 Å². The van der Waals surface area contributed by atoms with Gasteiger partial charge in [-0.3, -0.25) is 9.80 Å². The second-order valence-electron chi connectivity index (χ2n) is 5.40. The summed E-state index contributed by atoms with van der Waals surface area (Å²) in [7, 11) is 1.67. The molecule has 0 aliphatic rings. The average Bonchev–Trinajstić information content (AvgIpc) is 3.03. The molecule has 0 fully saturated rings. The summed E-state index contributed by atoms with van der Waals surface area (Å²) >= 11 is 13.5. The number of rotatable bonds is 4. The summed E-state index contributed by atoms with van der Waals surface area (Å²) in [6.07, 6.45) is 3.11. The molecule has 0 spiro atoms. The number of anilines is 1. The van der Waals surface area contributed by atoms with Gasteiger partial charge in [-0.1, -0.05) is 23.2 Å². The minimum Gasteiger partial charge on any atom is -0.266 e. The predicted octanol–water partition coefficient (Wildman–Crippen LogP) is 4.52. The highest BCUT2D eigenvalue weighted by atomic mass is 35.5. The minimum absolute atomic E-state index is 0.0528. The first-order valence-corrected chi connectivity index (χ1v) is 9.07. The van der Waals surface area contributed by atoms with Crippen LogP contribution >= 0.6 is 34.5 Å². The molecule has 0 aliphatic carbocycles. The molecule has 0 aliphatic heterocycles. The van der Waals surface area contributed by atoms with Crippen molar-refractivity contribution in [3.05, 3.63) is 72.5 Å². The van der Waals surface area contributed by atoms with Crippen LogP contribution in [-0.4, -0.2) is 23.0 Å². The van der Waals surface area contributed by atoms with E-state index in [-0.39, 0.29) is 10.0 Å². The molecular formula is C17H13Cl2FN4OS. The van der Waals surface area contributed by atoms with Crippen LogP contribution in [0.3, 0.4) is 0 Å². The van der Waals surface area contributed by atoms with Crippen molar-refractivity contribution in [2.45, 2.75) is 6.92 Å². The largest absolute Gasteiger partial charge is 0.292 e. The van der Waals surface area contributed by atoms with Gasteiger partial charge in [-0.05, 0) is 42.1 Å². The van der Waals surface area contributed by atoms with Crippen LogP contribution in [0.25, 0.3) is 5.69 Å². The van der Waals surface area contributed by atoms with Gasteiger partial charge in [-0.25, -0.2) is 4.39 Å². The number of thiophene rings is 1. The second-order valence-corrected chi connectivity index (χ2v) is 7.13. The quantitative estimate of drug-likeness (QED) is 0.469. The van der Waals surface area contributed by atoms with E-state index in [0.717, 1.165) is 21.2 Å². The lowest BCUT2D eigenvalue weighted by molar-refractivity contribution is 0.627. The molecule has 0 radical (unpaired) electrons. The molecule has 0 unspecified atom stereocenters. The highest BCUT2D eigenvalue weighted by molar-refractivity contribution is 7.11. The van der Waals surface area contributed by atoms with E-state index in [1.54, 1.807) is 24.6 Å². The molecule has 5 nitrogen and oxygen atoms in total. The molecule has 26 heavy (non-hydrogen) atoms. The lowest BCUT2D eigenvalue weighted by Crippen LogP contribution is -2.24. The fourth-order valence-corrected chi connectivity index (χ4v) is 3.37. The Morgan fingerprint density at radius 2 is 2.12 bits per heavy atom. The first-order valence-electron chi connectivity index (χ1n) is 7.43. The summed E-state index contributed by atoms with van der Waals surface area (Å²) in [5, 5.41) is 11.7. The van der Waals surface area contributed by atoms with E-state index in [4.69, 9.17) is 23.2 Å². The molecule has 2 aromatic heterocycles. The lowest BCUT2D eigenvalue weighted by Gasteiger charge is -2.15. The molecule has 1 aromatic carbocycles. The SMILES string of the molecule is Cc1ccsc1/C=N\N(C)c1cnn(-c2ccc(F)c(Cl)c2)c(=O)c1Cl. The zero-order valence-corrected chi connectivity index (χ0v) is 16.1. The van der Waals surface area contributed by atoms with Crippen LogP contribution in [0.2, 0.25) is 10.0 Å². The molecule has 2 heterocycles. The minimum atomic E-state index is -0.580. The summed E-state index contributed by atoms with van der Waals surface area (Å²) in [5.41, 5.74) is 1.22. The van der Waals surface area contributed by atoms with Crippen molar-refractivity contribution in [2.24, 2.45) is 5.10 Å². The number of aromatic nitrogens is 2. The van der Waals surface area contributed by atoms with Gasteiger partial charge < -0.3 is 0 Å².